The molecule has 0 atom stereocenters. The summed E-state index contributed by atoms with van der Waals surface area (Å²) < 4.78 is 16.3. The van der Waals surface area contributed by atoms with Crippen LogP contribution in [-0.2, 0) is 4.79 Å². The maximum atomic E-state index is 12.5. The van der Waals surface area contributed by atoms with E-state index in [1.807, 2.05) is 24.3 Å². The number of carbonyl (C=O) groups is 1. The van der Waals surface area contributed by atoms with Gasteiger partial charge >= 0.3 is 11.6 Å². The Morgan fingerprint density at radius 3 is 2.46 bits per heavy atom. The lowest BCUT2D eigenvalue weighted by molar-refractivity contribution is -0.130. The number of benzene rings is 2. The molecule has 144 valence electrons. The van der Waals surface area contributed by atoms with Crippen LogP contribution in [0.4, 0.5) is 0 Å². The summed E-state index contributed by atoms with van der Waals surface area (Å²) in [7, 11) is 0. The molecular weight excluding hydrogens is 356 g/mol. The fourth-order valence-corrected chi connectivity index (χ4v) is 2.62. The average Bonchev–Trinajstić information content (AvgIpc) is 2.68. The van der Waals surface area contributed by atoms with Gasteiger partial charge in [-0.15, -0.1) is 0 Å². The lowest BCUT2D eigenvalue weighted by Gasteiger charge is -2.08. The number of unbranched alkanes of at least 4 members (excludes halogenated alkanes) is 1. The summed E-state index contributed by atoms with van der Waals surface area (Å²) in [5.41, 5.74) is 1.38. The number of esters is 1. The van der Waals surface area contributed by atoms with Crippen molar-refractivity contribution in [3.8, 4) is 22.6 Å². The van der Waals surface area contributed by atoms with Crippen molar-refractivity contribution < 1.29 is 18.7 Å². The predicted molar refractivity (Wildman–Crippen MR) is 109 cm³/mol. The monoisotopic (exact) mass is 378 g/mol. The predicted octanol–water partition coefficient (Wildman–Crippen LogP) is 5.12. The molecule has 0 N–H and O–H groups in total. The van der Waals surface area contributed by atoms with Crippen LogP contribution in [0.25, 0.3) is 22.1 Å². The van der Waals surface area contributed by atoms with E-state index in [9.17, 15) is 9.59 Å². The molecule has 5 heteroatoms. The first kappa shape index (κ1) is 19.4. The summed E-state index contributed by atoms with van der Waals surface area (Å²) in [4.78, 5) is 24.1. The summed E-state index contributed by atoms with van der Waals surface area (Å²) in [6, 6.07) is 14.0. The lowest BCUT2D eigenvalue weighted by atomic mass is 10.1. The number of carbonyl (C=O) groups excluding carboxylic acids is 1. The van der Waals surface area contributed by atoms with Crippen LogP contribution in [0, 0.1) is 0 Å². The first-order valence-electron chi connectivity index (χ1n) is 9.16. The molecule has 0 fully saturated rings. The zero-order valence-corrected chi connectivity index (χ0v) is 16.0. The summed E-state index contributed by atoms with van der Waals surface area (Å²) in [5, 5.41) is 0.730. The van der Waals surface area contributed by atoms with Crippen LogP contribution in [0.3, 0.4) is 0 Å². The molecule has 0 aliphatic rings. The summed E-state index contributed by atoms with van der Waals surface area (Å²) in [6.07, 6.45) is 2.07. The Labute approximate surface area is 163 Å². The molecule has 0 unspecified atom stereocenters. The maximum absolute atomic E-state index is 12.5. The minimum absolute atomic E-state index is 0.291. The number of ether oxygens (including phenoxy) is 2. The first-order valence-corrected chi connectivity index (χ1v) is 9.16. The van der Waals surface area contributed by atoms with Gasteiger partial charge in [0.1, 0.15) is 17.1 Å². The van der Waals surface area contributed by atoms with E-state index in [4.69, 9.17) is 13.9 Å². The van der Waals surface area contributed by atoms with E-state index >= 15 is 0 Å². The first-order chi connectivity index (χ1) is 13.5. The second-order valence-electron chi connectivity index (χ2n) is 6.54. The molecule has 3 aromatic rings. The molecule has 28 heavy (non-hydrogen) atoms. The zero-order chi connectivity index (χ0) is 20.1. The van der Waals surface area contributed by atoms with Crippen LogP contribution in [0.5, 0.6) is 11.5 Å². The van der Waals surface area contributed by atoms with Crippen molar-refractivity contribution in [1.82, 2.24) is 0 Å². The summed E-state index contributed by atoms with van der Waals surface area (Å²) >= 11 is 0. The number of hydrogen-bond donors (Lipinski definition) is 0. The van der Waals surface area contributed by atoms with Gasteiger partial charge in [0.15, 0.2) is 0 Å². The fraction of sp³-hybridized carbons (Fsp3) is 0.217. The standard InChI is InChI=1S/C23H22O5/c1-4-5-12-26-18-9-6-16(7-10-18)20-13-17-8-11-19(27-22(24)15(2)3)14-21(17)28-23(20)25/h6-11,13-14H,2,4-5,12H2,1,3H3. The van der Waals surface area contributed by atoms with E-state index in [-0.39, 0.29) is 0 Å². The second kappa shape index (κ2) is 8.57. The summed E-state index contributed by atoms with van der Waals surface area (Å²) in [5.74, 6) is 0.538. The number of rotatable bonds is 7. The second-order valence-corrected chi connectivity index (χ2v) is 6.54. The Morgan fingerprint density at radius 2 is 1.79 bits per heavy atom. The van der Waals surface area contributed by atoms with Gasteiger partial charge in [0.05, 0.1) is 12.2 Å². The van der Waals surface area contributed by atoms with Gasteiger partial charge in [-0.2, -0.15) is 0 Å². The van der Waals surface area contributed by atoms with Crippen LogP contribution in [0.15, 0.2) is 69.9 Å². The minimum atomic E-state index is -0.528. The lowest BCUT2D eigenvalue weighted by Crippen LogP contribution is -2.08. The molecule has 0 aliphatic carbocycles. The molecule has 0 saturated carbocycles. The SMILES string of the molecule is C=C(C)C(=O)Oc1ccc2cc(-c3ccc(OCCCC)cc3)c(=O)oc2c1. The Balaban J connectivity index is 1.86. The van der Waals surface area contributed by atoms with E-state index in [0.29, 0.717) is 29.1 Å². The molecule has 1 aromatic heterocycles. The fourth-order valence-electron chi connectivity index (χ4n) is 2.62. The van der Waals surface area contributed by atoms with E-state index < -0.39 is 11.6 Å². The van der Waals surface area contributed by atoms with Crippen LogP contribution < -0.4 is 15.1 Å². The molecule has 2 aromatic carbocycles. The average molecular weight is 378 g/mol. The van der Waals surface area contributed by atoms with Crippen LogP contribution >= 0.6 is 0 Å². The van der Waals surface area contributed by atoms with Crippen molar-refractivity contribution in [1.29, 1.82) is 0 Å². The molecular formula is C23H22O5. The van der Waals surface area contributed by atoms with Crippen molar-refractivity contribution >= 4 is 16.9 Å². The highest BCUT2D eigenvalue weighted by Crippen LogP contribution is 2.26. The maximum Gasteiger partial charge on any atom is 0.344 e. The third-order valence-corrected chi connectivity index (χ3v) is 4.20. The van der Waals surface area contributed by atoms with Crippen molar-refractivity contribution in [3.05, 3.63) is 71.1 Å². The minimum Gasteiger partial charge on any atom is -0.494 e. The molecule has 0 spiro atoms. The molecule has 0 bridgehead atoms. The highest BCUT2D eigenvalue weighted by Gasteiger charge is 2.11. The van der Waals surface area contributed by atoms with Gasteiger partial charge in [-0.3, -0.25) is 0 Å². The third-order valence-electron chi connectivity index (χ3n) is 4.20. The van der Waals surface area contributed by atoms with Crippen LogP contribution in [0.1, 0.15) is 26.7 Å². The van der Waals surface area contributed by atoms with Gasteiger partial charge in [0, 0.05) is 17.0 Å². The van der Waals surface area contributed by atoms with Crippen molar-refractivity contribution in [2.75, 3.05) is 6.61 Å². The van der Waals surface area contributed by atoms with Crippen molar-refractivity contribution in [3.63, 3.8) is 0 Å². The molecule has 0 saturated heterocycles. The number of fused-ring (bicyclic) bond motifs is 1. The number of hydrogen-bond acceptors (Lipinski definition) is 5. The van der Waals surface area contributed by atoms with Gasteiger partial charge in [-0.25, -0.2) is 9.59 Å². The smallest absolute Gasteiger partial charge is 0.344 e. The van der Waals surface area contributed by atoms with Crippen LogP contribution in [0.2, 0.25) is 0 Å². The van der Waals surface area contributed by atoms with Gasteiger partial charge in [0.2, 0.25) is 0 Å². The van der Waals surface area contributed by atoms with Crippen molar-refractivity contribution in [2.24, 2.45) is 0 Å². The Kier molecular flexibility index (Phi) is 5.94. The summed E-state index contributed by atoms with van der Waals surface area (Å²) in [6.45, 7) is 7.89. The molecule has 0 radical (unpaired) electrons. The van der Waals surface area contributed by atoms with E-state index in [2.05, 4.69) is 13.5 Å². The molecule has 5 nitrogen and oxygen atoms in total. The zero-order valence-electron chi connectivity index (χ0n) is 16.0. The van der Waals surface area contributed by atoms with Crippen LogP contribution in [-0.4, -0.2) is 12.6 Å². The molecule has 3 rings (SSSR count). The largest absolute Gasteiger partial charge is 0.494 e. The highest BCUT2D eigenvalue weighted by molar-refractivity contribution is 5.90. The Bertz CT molecular complexity index is 1060. The van der Waals surface area contributed by atoms with Gasteiger partial charge in [0.25, 0.3) is 0 Å². The third kappa shape index (κ3) is 4.49. The van der Waals surface area contributed by atoms with E-state index in [1.54, 1.807) is 25.1 Å². The molecule has 0 amide bonds. The van der Waals surface area contributed by atoms with E-state index in [0.717, 1.165) is 29.5 Å². The molecule has 0 aliphatic heterocycles. The normalized spacial score (nSPS) is 10.6. The Morgan fingerprint density at radius 1 is 1.07 bits per heavy atom. The van der Waals surface area contributed by atoms with E-state index in [1.165, 1.54) is 6.07 Å². The van der Waals surface area contributed by atoms with Gasteiger partial charge < -0.3 is 13.9 Å². The Hall–Kier alpha value is -3.34. The quantitative estimate of drug-likeness (QED) is 0.188. The topological polar surface area (TPSA) is 65.7 Å². The van der Waals surface area contributed by atoms with Gasteiger partial charge in [-0.1, -0.05) is 32.1 Å². The van der Waals surface area contributed by atoms with Crippen molar-refractivity contribution in [2.45, 2.75) is 26.7 Å². The molecule has 1 heterocycles. The highest BCUT2D eigenvalue weighted by atomic mass is 16.5. The van der Waals surface area contributed by atoms with Gasteiger partial charge in [-0.05, 0) is 49.2 Å².